The van der Waals surface area contributed by atoms with Crippen LogP contribution in [0.2, 0.25) is 0 Å². The van der Waals surface area contributed by atoms with Gasteiger partial charge < -0.3 is 10.3 Å². The first-order chi connectivity index (χ1) is 8.61. The summed E-state index contributed by atoms with van der Waals surface area (Å²) in [6.45, 7) is 4.65. The van der Waals surface area contributed by atoms with Gasteiger partial charge >= 0.3 is 0 Å². The van der Waals surface area contributed by atoms with Crippen molar-refractivity contribution in [3.8, 4) is 0 Å². The van der Waals surface area contributed by atoms with Gasteiger partial charge in [-0.1, -0.05) is 0 Å². The summed E-state index contributed by atoms with van der Waals surface area (Å²) in [5, 5.41) is 3.13. The van der Waals surface area contributed by atoms with Gasteiger partial charge in [0.15, 0.2) is 0 Å². The van der Waals surface area contributed by atoms with Crippen molar-refractivity contribution in [3.05, 3.63) is 28.0 Å². The molecule has 0 atom stereocenters. The Morgan fingerprint density at radius 1 is 1.39 bits per heavy atom. The standard InChI is InChI=1S/C11H16N6S/c1-7-10(16-12)13-6-14-11(7)17(3)4-9-5-18-8(2)15-9/h5-6H,4,12H2,1-3H3,(H,13,14,16). The topological polar surface area (TPSA) is 80.0 Å². The molecule has 2 aromatic heterocycles. The minimum atomic E-state index is 0.640. The Hall–Kier alpha value is -1.73. The molecule has 0 aliphatic carbocycles. The Kier molecular flexibility index (Phi) is 3.73. The van der Waals surface area contributed by atoms with Gasteiger partial charge in [-0.15, -0.1) is 11.3 Å². The van der Waals surface area contributed by atoms with Crippen molar-refractivity contribution < 1.29 is 0 Å². The number of nitrogens with one attached hydrogen (secondary N) is 1. The molecule has 0 aromatic carbocycles. The quantitative estimate of drug-likeness (QED) is 0.643. The van der Waals surface area contributed by atoms with Crippen LogP contribution in [0.4, 0.5) is 11.6 Å². The zero-order valence-electron chi connectivity index (χ0n) is 10.6. The number of nitrogens with zero attached hydrogens (tertiary/aromatic N) is 4. The molecule has 0 unspecified atom stereocenters. The van der Waals surface area contributed by atoms with E-state index in [9.17, 15) is 0 Å². The van der Waals surface area contributed by atoms with Crippen LogP contribution in [0, 0.1) is 13.8 Å². The number of thiazole rings is 1. The van der Waals surface area contributed by atoms with Crippen LogP contribution in [0.5, 0.6) is 0 Å². The molecule has 6 nitrogen and oxygen atoms in total. The second kappa shape index (κ2) is 5.28. The van der Waals surface area contributed by atoms with Gasteiger partial charge in [0.25, 0.3) is 0 Å². The van der Waals surface area contributed by atoms with Crippen LogP contribution >= 0.6 is 11.3 Å². The van der Waals surface area contributed by atoms with E-state index < -0.39 is 0 Å². The van der Waals surface area contributed by atoms with E-state index in [0.29, 0.717) is 12.4 Å². The summed E-state index contributed by atoms with van der Waals surface area (Å²) in [5.41, 5.74) is 4.53. The Labute approximate surface area is 110 Å². The van der Waals surface area contributed by atoms with E-state index in [0.717, 1.165) is 22.1 Å². The summed E-state index contributed by atoms with van der Waals surface area (Å²) in [5.74, 6) is 6.90. The fourth-order valence-electron chi connectivity index (χ4n) is 1.77. The first-order valence-corrected chi connectivity index (χ1v) is 6.40. The third-order valence-electron chi connectivity index (χ3n) is 2.62. The number of nitrogens with two attached hydrogens (primary N) is 1. The number of aryl methyl sites for hydroxylation is 1. The smallest absolute Gasteiger partial charge is 0.148 e. The highest BCUT2D eigenvalue weighted by molar-refractivity contribution is 7.09. The first-order valence-electron chi connectivity index (χ1n) is 5.52. The molecule has 7 heteroatoms. The normalized spacial score (nSPS) is 10.4. The number of anilines is 2. The molecule has 18 heavy (non-hydrogen) atoms. The fourth-order valence-corrected chi connectivity index (χ4v) is 2.37. The molecule has 0 saturated heterocycles. The van der Waals surface area contributed by atoms with Gasteiger partial charge in [0.05, 0.1) is 17.2 Å². The Morgan fingerprint density at radius 2 is 2.17 bits per heavy atom. The van der Waals surface area contributed by atoms with Crippen LogP contribution in [-0.4, -0.2) is 22.0 Å². The summed E-state index contributed by atoms with van der Waals surface area (Å²) in [4.78, 5) is 14.8. The predicted octanol–water partition coefficient (Wildman–Crippen LogP) is 1.47. The summed E-state index contributed by atoms with van der Waals surface area (Å²) >= 11 is 1.65. The third-order valence-corrected chi connectivity index (χ3v) is 3.44. The molecule has 0 amide bonds. The summed E-state index contributed by atoms with van der Waals surface area (Å²) in [6, 6.07) is 0. The molecule has 2 rings (SSSR count). The van der Waals surface area contributed by atoms with Gasteiger partial charge in [0.2, 0.25) is 0 Å². The number of hydrogen-bond donors (Lipinski definition) is 2. The van der Waals surface area contributed by atoms with Gasteiger partial charge in [0, 0.05) is 18.0 Å². The maximum absolute atomic E-state index is 5.41. The number of nitrogen functional groups attached to an aromatic ring is 1. The zero-order valence-corrected chi connectivity index (χ0v) is 11.5. The Morgan fingerprint density at radius 3 is 2.78 bits per heavy atom. The lowest BCUT2D eigenvalue weighted by molar-refractivity contribution is 0.858. The molecule has 0 aliphatic heterocycles. The first kappa shape index (κ1) is 12.7. The number of hydrazine groups is 1. The van der Waals surface area contributed by atoms with Crippen LogP contribution < -0.4 is 16.2 Å². The van der Waals surface area contributed by atoms with Crippen LogP contribution in [0.15, 0.2) is 11.7 Å². The summed E-state index contributed by atoms with van der Waals surface area (Å²) in [7, 11) is 1.98. The van der Waals surface area contributed by atoms with Crippen molar-refractivity contribution in [1.29, 1.82) is 0 Å². The second-order valence-corrected chi connectivity index (χ2v) is 5.09. The van der Waals surface area contributed by atoms with E-state index in [2.05, 4.69) is 25.8 Å². The van der Waals surface area contributed by atoms with E-state index in [1.54, 1.807) is 11.3 Å². The lowest BCUT2D eigenvalue weighted by Gasteiger charge is -2.19. The van der Waals surface area contributed by atoms with Crippen LogP contribution in [-0.2, 0) is 6.54 Å². The lowest BCUT2D eigenvalue weighted by Crippen LogP contribution is -2.21. The maximum atomic E-state index is 5.41. The Balaban J connectivity index is 2.21. The average molecular weight is 264 g/mol. The van der Waals surface area contributed by atoms with E-state index in [-0.39, 0.29) is 0 Å². The van der Waals surface area contributed by atoms with Gasteiger partial charge in [-0.3, -0.25) is 0 Å². The third kappa shape index (κ3) is 2.57. The van der Waals surface area contributed by atoms with Gasteiger partial charge in [-0.25, -0.2) is 20.8 Å². The summed E-state index contributed by atoms with van der Waals surface area (Å²) in [6.07, 6.45) is 1.50. The molecule has 96 valence electrons. The minimum absolute atomic E-state index is 0.640. The van der Waals surface area contributed by atoms with Crippen LogP contribution in [0.3, 0.4) is 0 Å². The van der Waals surface area contributed by atoms with Gasteiger partial charge in [-0.05, 0) is 13.8 Å². The largest absolute Gasteiger partial charge is 0.353 e. The van der Waals surface area contributed by atoms with E-state index >= 15 is 0 Å². The molecular weight excluding hydrogens is 248 g/mol. The monoisotopic (exact) mass is 264 g/mol. The van der Waals surface area contributed by atoms with Gasteiger partial charge in [-0.2, -0.15) is 0 Å². The second-order valence-electron chi connectivity index (χ2n) is 4.03. The highest BCUT2D eigenvalue weighted by Gasteiger charge is 2.11. The van der Waals surface area contributed by atoms with Crippen LogP contribution in [0.25, 0.3) is 0 Å². The van der Waals surface area contributed by atoms with Crippen molar-refractivity contribution in [1.82, 2.24) is 15.0 Å². The number of rotatable bonds is 4. The lowest BCUT2D eigenvalue weighted by atomic mass is 10.3. The van der Waals surface area contributed by atoms with Gasteiger partial charge in [0.1, 0.15) is 18.0 Å². The van der Waals surface area contributed by atoms with Crippen molar-refractivity contribution >= 4 is 23.0 Å². The molecule has 0 fully saturated rings. The van der Waals surface area contributed by atoms with E-state index in [4.69, 9.17) is 5.84 Å². The molecule has 3 N–H and O–H groups in total. The average Bonchev–Trinajstić information content (AvgIpc) is 2.75. The number of hydrogen-bond acceptors (Lipinski definition) is 7. The molecular formula is C11H16N6S. The molecule has 0 spiro atoms. The molecule has 0 bridgehead atoms. The van der Waals surface area contributed by atoms with Crippen molar-refractivity contribution in [2.75, 3.05) is 17.4 Å². The highest BCUT2D eigenvalue weighted by atomic mass is 32.1. The van der Waals surface area contributed by atoms with E-state index in [1.807, 2.05) is 25.8 Å². The van der Waals surface area contributed by atoms with Crippen molar-refractivity contribution in [2.45, 2.75) is 20.4 Å². The van der Waals surface area contributed by atoms with E-state index in [1.165, 1.54) is 6.33 Å². The highest BCUT2D eigenvalue weighted by Crippen LogP contribution is 2.22. The molecule has 2 aromatic rings. The molecule has 0 radical (unpaired) electrons. The summed E-state index contributed by atoms with van der Waals surface area (Å²) < 4.78 is 0. The maximum Gasteiger partial charge on any atom is 0.148 e. The number of aromatic nitrogens is 3. The predicted molar refractivity (Wildman–Crippen MR) is 73.5 cm³/mol. The molecule has 2 heterocycles. The Bertz CT molecular complexity index is 538. The SMILES string of the molecule is Cc1nc(CN(C)c2ncnc(NN)c2C)cs1. The molecule has 0 saturated carbocycles. The molecule has 0 aliphatic rings. The fraction of sp³-hybridized carbons (Fsp3) is 0.364. The van der Waals surface area contributed by atoms with Crippen molar-refractivity contribution in [3.63, 3.8) is 0 Å². The van der Waals surface area contributed by atoms with Crippen molar-refractivity contribution in [2.24, 2.45) is 5.84 Å². The van der Waals surface area contributed by atoms with Crippen LogP contribution in [0.1, 0.15) is 16.3 Å². The minimum Gasteiger partial charge on any atom is -0.353 e. The zero-order chi connectivity index (χ0) is 13.1.